The topological polar surface area (TPSA) is 46.6 Å². The average molecular weight is 197 g/mol. The third kappa shape index (κ3) is 2.34. The van der Waals surface area contributed by atoms with Crippen molar-refractivity contribution >= 4 is 11.9 Å². The quantitative estimate of drug-likeness (QED) is 0.491. The summed E-state index contributed by atoms with van der Waals surface area (Å²) in [6.45, 7) is 4.53. The molecule has 0 aromatic rings. The Balaban J connectivity index is 2.56. The van der Waals surface area contributed by atoms with Crippen molar-refractivity contribution in [2.24, 2.45) is 5.92 Å². The first-order chi connectivity index (χ1) is 6.69. The van der Waals surface area contributed by atoms with E-state index in [1.807, 2.05) is 0 Å². The van der Waals surface area contributed by atoms with Gasteiger partial charge in [0, 0.05) is 19.5 Å². The van der Waals surface area contributed by atoms with Gasteiger partial charge in [-0.1, -0.05) is 6.08 Å². The van der Waals surface area contributed by atoms with Gasteiger partial charge in [-0.3, -0.25) is 9.59 Å². The maximum atomic E-state index is 11.4. The van der Waals surface area contributed by atoms with Crippen LogP contribution in [0.4, 0.5) is 0 Å². The maximum Gasteiger partial charge on any atom is 0.310 e. The molecule has 0 bridgehead atoms. The first-order valence-electron chi connectivity index (χ1n) is 4.65. The Bertz CT molecular complexity index is 250. The van der Waals surface area contributed by atoms with Gasteiger partial charge in [-0.05, 0) is 6.42 Å². The number of carbonyl (C=O) groups excluding carboxylic acids is 2. The zero-order valence-electron chi connectivity index (χ0n) is 8.36. The second-order valence-corrected chi connectivity index (χ2v) is 3.35. The van der Waals surface area contributed by atoms with Gasteiger partial charge in [0.1, 0.15) is 0 Å². The van der Waals surface area contributed by atoms with Crippen LogP contribution in [0.25, 0.3) is 0 Å². The monoisotopic (exact) mass is 197 g/mol. The summed E-state index contributed by atoms with van der Waals surface area (Å²) in [5.41, 5.74) is 0. The van der Waals surface area contributed by atoms with Crippen LogP contribution in [0, 0.1) is 5.92 Å². The zero-order valence-corrected chi connectivity index (χ0v) is 8.36. The van der Waals surface area contributed by atoms with E-state index in [0.717, 1.165) is 0 Å². The summed E-state index contributed by atoms with van der Waals surface area (Å²) in [6, 6.07) is 0. The Morgan fingerprint density at radius 3 is 3.07 bits per heavy atom. The maximum absolute atomic E-state index is 11.4. The zero-order chi connectivity index (χ0) is 10.6. The Labute approximate surface area is 83.5 Å². The Kier molecular flexibility index (Phi) is 3.68. The van der Waals surface area contributed by atoms with Crippen molar-refractivity contribution in [3.8, 4) is 0 Å². The highest BCUT2D eigenvalue weighted by Gasteiger charge is 2.29. The smallest absolute Gasteiger partial charge is 0.310 e. The summed E-state index contributed by atoms with van der Waals surface area (Å²) in [5, 5.41) is 0. The van der Waals surface area contributed by atoms with Crippen LogP contribution in [0.5, 0.6) is 0 Å². The van der Waals surface area contributed by atoms with Gasteiger partial charge in [-0.2, -0.15) is 0 Å². The molecule has 0 N–H and O–H groups in total. The van der Waals surface area contributed by atoms with E-state index >= 15 is 0 Å². The van der Waals surface area contributed by atoms with E-state index in [1.165, 1.54) is 7.11 Å². The van der Waals surface area contributed by atoms with Crippen LogP contribution in [0.3, 0.4) is 0 Å². The van der Waals surface area contributed by atoms with Gasteiger partial charge in [0.15, 0.2) is 0 Å². The highest BCUT2D eigenvalue weighted by atomic mass is 16.5. The van der Waals surface area contributed by atoms with Crippen molar-refractivity contribution in [2.45, 2.75) is 12.8 Å². The molecular weight excluding hydrogens is 182 g/mol. The molecule has 1 atom stereocenters. The van der Waals surface area contributed by atoms with Gasteiger partial charge in [-0.25, -0.2) is 0 Å². The Morgan fingerprint density at radius 1 is 1.79 bits per heavy atom. The summed E-state index contributed by atoms with van der Waals surface area (Å²) < 4.78 is 4.65. The first kappa shape index (κ1) is 10.8. The molecular formula is C10H15NO3. The molecule has 0 unspecified atom stereocenters. The van der Waals surface area contributed by atoms with Crippen molar-refractivity contribution in [1.82, 2.24) is 4.90 Å². The molecule has 1 fully saturated rings. The second kappa shape index (κ2) is 4.79. The van der Waals surface area contributed by atoms with Crippen molar-refractivity contribution in [3.63, 3.8) is 0 Å². The van der Waals surface area contributed by atoms with Crippen LogP contribution in [0.15, 0.2) is 12.7 Å². The van der Waals surface area contributed by atoms with Gasteiger partial charge in [0.05, 0.1) is 13.0 Å². The fourth-order valence-electron chi connectivity index (χ4n) is 1.61. The minimum absolute atomic E-state index is 0.0880. The summed E-state index contributed by atoms with van der Waals surface area (Å²) in [7, 11) is 1.37. The second-order valence-electron chi connectivity index (χ2n) is 3.35. The van der Waals surface area contributed by atoms with Crippen LogP contribution >= 0.6 is 0 Å². The van der Waals surface area contributed by atoms with E-state index in [9.17, 15) is 9.59 Å². The first-order valence-corrected chi connectivity index (χ1v) is 4.65. The number of likely N-dealkylation sites (tertiary alicyclic amines) is 1. The molecule has 1 aliphatic heterocycles. The van der Waals surface area contributed by atoms with Crippen molar-refractivity contribution < 1.29 is 14.3 Å². The molecule has 1 rings (SSSR count). The van der Waals surface area contributed by atoms with Crippen LogP contribution in [-0.2, 0) is 14.3 Å². The van der Waals surface area contributed by atoms with E-state index in [4.69, 9.17) is 0 Å². The molecule has 1 heterocycles. The van der Waals surface area contributed by atoms with Gasteiger partial charge in [0.2, 0.25) is 5.91 Å². The number of nitrogens with zero attached hydrogens (tertiary/aromatic N) is 1. The van der Waals surface area contributed by atoms with Crippen LogP contribution in [0.2, 0.25) is 0 Å². The summed E-state index contributed by atoms with van der Waals surface area (Å²) in [4.78, 5) is 24.2. The van der Waals surface area contributed by atoms with Gasteiger partial charge < -0.3 is 9.64 Å². The number of piperidine rings is 1. The largest absolute Gasteiger partial charge is 0.469 e. The number of amides is 1. The lowest BCUT2D eigenvalue weighted by Crippen LogP contribution is -2.42. The molecule has 14 heavy (non-hydrogen) atoms. The fourth-order valence-corrected chi connectivity index (χ4v) is 1.61. The average Bonchev–Trinajstić information content (AvgIpc) is 2.20. The summed E-state index contributed by atoms with van der Waals surface area (Å²) in [6.07, 6.45) is 2.68. The van der Waals surface area contributed by atoms with Crippen molar-refractivity contribution in [3.05, 3.63) is 12.7 Å². The normalized spacial score (nSPS) is 21.9. The fraction of sp³-hybridized carbons (Fsp3) is 0.600. The molecule has 1 saturated heterocycles. The van der Waals surface area contributed by atoms with Gasteiger partial charge in [0.25, 0.3) is 0 Å². The van der Waals surface area contributed by atoms with E-state index in [1.54, 1.807) is 11.0 Å². The summed E-state index contributed by atoms with van der Waals surface area (Å²) >= 11 is 0. The molecule has 4 nitrogen and oxygen atoms in total. The third-order valence-corrected chi connectivity index (χ3v) is 2.38. The number of esters is 1. The Morgan fingerprint density at radius 2 is 2.50 bits per heavy atom. The predicted molar refractivity (Wildman–Crippen MR) is 51.5 cm³/mol. The molecule has 1 aliphatic rings. The van der Waals surface area contributed by atoms with Gasteiger partial charge in [-0.15, -0.1) is 6.58 Å². The molecule has 0 saturated carbocycles. The number of ether oxygens (including phenoxy) is 1. The number of methoxy groups -OCH3 is 1. The SMILES string of the molecule is C=CCN1C[C@@H](C(=O)OC)CCC1=O. The van der Waals surface area contributed by atoms with Crippen LogP contribution in [-0.4, -0.2) is 37.0 Å². The van der Waals surface area contributed by atoms with E-state index in [-0.39, 0.29) is 17.8 Å². The minimum atomic E-state index is -0.230. The van der Waals surface area contributed by atoms with E-state index < -0.39 is 0 Å². The third-order valence-electron chi connectivity index (χ3n) is 2.38. The lowest BCUT2D eigenvalue weighted by Gasteiger charge is -2.30. The van der Waals surface area contributed by atoms with Gasteiger partial charge >= 0.3 is 5.97 Å². The molecule has 4 heteroatoms. The standard InChI is InChI=1S/C10H15NO3/c1-3-6-11-7-8(10(13)14-2)4-5-9(11)12/h3,8H,1,4-7H2,2H3/t8-/m0/s1. The molecule has 0 aromatic heterocycles. The lowest BCUT2D eigenvalue weighted by atomic mass is 9.98. The molecule has 0 aromatic carbocycles. The number of hydrogen-bond acceptors (Lipinski definition) is 3. The molecule has 0 aliphatic carbocycles. The number of rotatable bonds is 3. The van der Waals surface area contributed by atoms with E-state index in [2.05, 4.69) is 11.3 Å². The van der Waals surface area contributed by atoms with E-state index in [0.29, 0.717) is 25.9 Å². The van der Waals surface area contributed by atoms with Crippen LogP contribution in [0.1, 0.15) is 12.8 Å². The highest BCUT2D eigenvalue weighted by Crippen LogP contribution is 2.18. The minimum Gasteiger partial charge on any atom is -0.469 e. The number of carbonyl (C=O) groups is 2. The molecule has 0 spiro atoms. The molecule has 1 amide bonds. The van der Waals surface area contributed by atoms with Crippen molar-refractivity contribution in [2.75, 3.05) is 20.2 Å². The molecule has 78 valence electrons. The number of hydrogen-bond donors (Lipinski definition) is 0. The predicted octanol–water partition coefficient (Wildman–Crippen LogP) is 0.584. The Hall–Kier alpha value is -1.32. The lowest BCUT2D eigenvalue weighted by molar-refractivity contribution is -0.150. The molecule has 0 radical (unpaired) electrons. The van der Waals surface area contributed by atoms with Crippen LogP contribution < -0.4 is 0 Å². The highest BCUT2D eigenvalue weighted by molar-refractivity contribution is 5.81. The van der Waals surface area contributed by atoms with Crippen molar-refractivity contribution in [1.29, 1.82) is 0 Å². The summed E-state index contributed by atoms with van der Waals surface area (Å²) in [5.74, 6) is -0.311.